The number of nitrogens with zero attached hydrogens (tertiary/aromatic N) is 2. The van der Waals surface area contributed by atoms with Crippen LogP contribution in [0.2, 0.25) is 0 Å². The molecule has 0 heterocycles. The summed E-state index contributed by atoms with van der Waals surface area (Å²) < 4.78 is 0. The highest BCUT2D eigenvalue weighted by Gasteiger charge is 2.06. The number of rotatable bonds is 19. The third-order valence-electron chi connectivity index (χ3n) is 4.60. The van der Waals surface area contributed by atoms with Gasteiger partial charge in [0.1, 0.15) is 12.1 Å². The quantitative estimate of drug-likeness (QED) is 0.144. The van der Waals surface area contributed by atoms with Crippen LogP contribution in [0.25, 0.3) is 0 Å². The summed E-state index contributed by atoms with van der Waals surface area (Å²) in [5.74, 6) is 0.949. The van der Waals surface area contributed by atoms with Gasteiger partial charge in [0.25, 0.3) is 0 Å². The third kappa shape index (κ3) is 16.5. The van der Waals surface area contributed by atoms with Gasteiger partial charge in [-0.05, 0) is 12.2 Å². The Morgan fingerprint density at radius 2 is 1.26 bits per heavy atom. The summed E-state index contributed by atoms with van der Waals surface area (Å²) in [7, 11) is 0. The molecule has 0 aliphatic heterocycles. The molecular weight excluding hydrogens is 350 g/mol. The van der Waals surface area contributed by atoms with E-state index in [1.165, 1.54) is 83.5 Å². The van der Waals surface area contributed by atoms with Crippen molar-refractivity contribution in [3.05, 3.63) is 23.3 Å². The number of allylic oxidation sites excluding steroid dienone is 1. The van der Waals surface area contributed by atoms with Gasteiger partial charge in [0.2, 0.25) is 0 Å². The Balaban J connectivity index is 3.53. The normalized spacial score (nSPS) is 10.0. The summed E-state index contributed by atoms with van der Waals surface area (Å²) in [6, 6.07) is 3.93. The van der Waals surface area contributed by atoms with E-state index in [0.29, 0.717) is 11.6 Å². The van der Waals surface area contributed by atoms with E-state index < -0.39 is 0 Å². The molecule has 0 aromatic carbocycles. The highest BCUT2D eigenvalue weighted by Crippen LogP contribution is 2.19. The maximum Gasteiger partial charge on any atom is 0.159 e. The Labute approximate surface area is 172 Å². The average Bonchev–Trinajstić information content (AvgIpc) is 2.69. The second-order valence-electron chi connectivity index (χ2n) is 7.04. The molecule has 0 aromatic rings. The predicted octanol–water partition coefficient (Wildman–Crippen LogP) is 7.24. The molecule has 0 saturated heterocycles. The summed E-state index contributed by atoms with van der Waals surface area (Å²) in [6.07, 6.45) is 20.7. The van der Waals surface area contributed by atoms with Gasteiger partial charge in [-0.1, -0.05) is 96.5 Å². The first kappa shape index (κ1) is 25.6. The topological polar surface area (TPSA) is 59.6 Å². The smallest absolute Gasteiger partial charge is 0.159 e. The van der Waals surface area contributed by atoms with E-state index in [2.05, 4.69) is 18.8 Å². The van der Waals surface area contributed by atoms with Crippen LogP contribution in [-0.2, 0) is 0 Å². The molecule has 3 nitrogen and oxygen atoms in total. The Hall–Kier alpha value is -1.39. The Kier molecular flexibility index (Phi) is 19.8. The first-order valence-corrected chi connectivity index (χ1v) is 11.8. The fourth-order valence-corrected chi connectivity index (χ4v) is 3.95. The second kappa shape index (κ2) is 20.9. The fraction of sp³-hybridized carbons (Fsp3) is 0.739. The van der Waals surface area contributed by atoms with Gasteiger partial charge in [0.05, 0.1) is 5.03 Å². The van der Waals surface area contributed by atoms with Crippen molar-refractivity contribution < 1.29 is 0 Å². The summed E-state index contributed by atoms with van der Waals surface area (Å²) in [4.78, 5) is 0. The van der Waals surface area contributed by atoms with Crippen LogP contribution in [0.5, 0.6) is 0 Å². The highest BCUT2D eigenvalue weighted by atomic mass is 32.2. The molecule has 0 aliphatic carbocycles. The summed E-state index contributed by atoms with van der Waals surface area (Å²) >= 11 is 1.58. The van der Waals surface area contributed by atoms with Gasteiger partial charge in [-0.15, -0.1) is 18.3 Å². The molecule has 0 fully saturated rings. The van der Waals surface area contributed by atoms with Crippen LogP contribution in [-0.4, -0.2) is 12.3 Å². The molecule has 0 spiro atoms. The number of hydrogen-bond donors (Lipinski definition) is 1. The molecule has 0 atom stereocenters. The van der Waals surface area contributed by atoms with Crippen LogP contribution >= 0.6 is 11.8 Å². The zero-order valence-electron chi connectivity index (χ0n) is 17.4. The van der Waals surface area contributed by atoms with Gasteiger partial charge in [-0.2, -0.15) is 10.5 Å². The molecule has 0 saturated carbocycles. The number of nitrogens with one attached hydrogen (secondary N) is 1. The largest absolute Gasteiger partial charge is 0.375 e. The van der Waals surface area contributed by atoms with E-state index in [-0.39, 0.29) is 5.57 Å². The van der Waals surface area contributed by atoms with Crippen LogP contribution in [0.1, 0.15) is 96.8 Å². The van der Waals surface area contributed by atoms with Crippen LogP contribution < -0.4 is 5.32 Å². The van der Waals surface area contributed by atoms with E-state index >= 15 is 0 Å². The lowest BCUT2D eigenvalue weighted by atomic mass is 10.0. The molecule has 152 valence electrons. The van der Waals surface area contributed by atoms with Gasteiger partial charge < -0.3 is 5.32 Å². The van der Waals surface area contributed by atoms with Crippen molar-refractivity contribution in [1.29, 1.82) is 10.5 Å². The number of unbranched alkanes of at least 4 members (excludes halogenated alkanes) is 13. The zero-order valence-corrected chi connectivity index (χ0v) is 18.2. The maximum absolute atomic E-state index is 9.01. The number of thioether (sulfide) groups is 1. The van der Waals surface area contributed by atoms with Crippen LogP contribution in [0.15, 0.2) is 23.3 Å². The Bertz CT molecular complexity index is 455. The first-order chi connectivity index (χ1) is 13.3. The Morgan fingerprint density at radius 1 is 0.815 bits per heavy atom. The average molecular weight is 390 g/mol. The van der Waals surface area contributed by atoms with Crippen LogP contribution in [0.4, 0.5) is 0 Å². The first-order valence-electron chi connectivity index (χ1n) is 10.8. The monoisotopic (exact) mass is 389 g/mol. The minimum atomic E-state index is 0.173. The van der Waals surface area contributed by atoms with Gasteiger partial charge in [0, 0.05) is 6.54 Å². The molecule has 1 N–H and O–H groups in total. The molecule has 0 aromatic heterocycles. The summed E-state index contributed by atoms with van der Waals surface area (Å²) in [6.45, 7) is 6.51. The maximum atomic E-state index is 9.01. The van der Waals surface area contributed by atoms with Crippen molar-refractivity contribution in [1.82, 2.24) is 5.32 Å². The minimum Gasteiger partial charge on any atom is -0.375 e. The fourth-order valence-electron chi connectivity index (χ4n) is 2.97. The molecule has 0 unspecified atom stereocenters. The van der Waals surface area contributed by atoms with Gasteiger partial charge >= 0.3 is 0 Å². The molecule has 4 heteroatoms. The summed E-state index contributed by atoms with van der Waals surface area (Å²) in [5, 5.41) is 21.8. The van der Waals surface area contributed by atoms with Crippen molar-refractivity contribution in [3.8, 4) is 12.1 Å². The molecule has 0 rings (SSSR count). The molecule has 0 bridgehead atoms. The van der Waals surface area contributed by atoms with E-state index in [9.17, 15) is 0 Å². The Morgan fingerprint density at radius 3 is 1.67 bits per heavy atom. The third-order valence-corrected chi connectivity index (χ3v) is 5.73. The SMILES string of the molecule is C=CCNC(SCCCCCCCCCCCCCCCC)=C(C#N)C#N. The predicted molar refractivity (Wildman–Crippen MR) is 119 cm³/mol. The van der Waals surface area contributed by atoms with Gasteiger partial charge in [-0.25, -0.2) is 0 Å². The van der Waals surface area contributed by atoms with Gasteiger partial charge in [0.15, 0.2) is 5.57 Å². The zero-order chi connectivity index (χ0) is 20.0. The van der Waals surface area contributed by atoms with Crippen molar-refractivity contribution in [2.24, 2.45) is 0 Å². The van der Waals surface area contributed by atoms with E-state index in [1.807, 2.05) is 12.1 Å². The molecule has 0 radical (unpaired) electrons. The molecular formula is C23H39N3S. The van der Waals surface area contributed by atoms with Crippen LogP contribution in [0, 0.1) is 22.7 Å². The molecule has 0 aliphatic rings. The van der Waals surface area contributed by atoms with Crippen molar-refractivity contribution in [2.45, 2.75) is 96.8 Å². The van der Waals surface area contributed by atoms with Crippen molar-refractivity contribution in [2.75, 3.05) is 12.3 Å². The number of hydrogen-bond acceptors (Lipinski definition) is 4. The summed E-state index contributed by atoms with van der Waals surface area (Å²) in [5.41, 5.74) is 0.173. The lowest BCUT2D eigenvalue weighted by Gasteiger charge is -2.08. The molecule has 27 heavy (non-hydrogen) atoms. The van der Waals surface area contributed by atoms with E-state index in [1.54, 1.807) is 17.8 Å². The second-order valence-corrected chi connectivity index (χ2v) is 8.15. The minimum absolute atomic E-state index is 0.173. The van der Waals surface area contributed by atoms with E-state index in [4.69, 9.17) is 10.5 Å². The van der Waals surface area contributed by atoms with E-state index in [0.717, 1.165) is 12.2 Å². The van der Waals surface area contributed by atoms with Crippen molar-refractivity contribution >= 4 is 11.8 Å². The van der Waals surface area contributed by atoms with Crippen LogP contribution in [0.3, 0.4) is 0 Å². The lowest BCUT2D eigenvalue weighted by Crippen LogP contribution is -2.12. The van der Waals surface area contributed by atoms with Crippen molar-refractivity contribution in [3.63, 3.8) is 0 Å². The molecule has 0 amide bonds. The number of nitriles is 2. The van der Waals surface area contributed by atoms with Gasteiger partial charge in [-0.3, -0.25) is 0 Å². The highest BCUT2D eigenvalue weighted by molar-refractivity contribution is 8.03. The lowest BCUT2D eigenvalue weighted by molar-refractivity contribution is 0.538. The standard InChI is InChI=1S/C23H39N3S/c1-3-5-6-7-8-9-10-11-12-13-14-15-16-17-19-27-23(26-18-4-2)22(20-24)21-25/h4,26H,2-3,5-19H2,1H3.